The second-order valence-electron chi connectivity index (χ2n) is 6.26. The fourth-order valence-electron chi connectivity index (χ4n) is 3.26. The van der Waals surface area contributed by atoms with E-state index in [1.807, 2.05) is 30.3 Å². The molecule has 0 amide bonds. The van der Waals surface area contributed by atoms with E-state index in [1.54, 1.807) is 19.2 Å². The summed E-state index contributed by atoms with van der Waals surface area (Å²) in [6.45, 7) is 0.413. The third-order valence-electron chi connectivity index (χ3n) is 4.64. The van der Waals surface area contributed by atoms with E-state index in [9.17, 15) is 9.90 Å². The van der Waals surface area contributed by atoms with Gasteiger partial charge in [-0.1, -0.05) is 18.2 Å². The molecule has 5 heteroatoms. The molecule has 1 aliphatic heterocycles. The quantitative estimate of drug-likeness (QED) is 0.818. The molecule has 3 rings (SSSR count). The summed E-state index contributed by atoms with van der Waals surface area (Å²) < 4.78 is 15.7. The van der Waals surface area contributed by atoms with Crippen molar-refractivity contribution in [3.63, 3.8) is 0 Å². The van der Waals surface area contributed by atoms with Crippen molar-refractivity contribution in [1.82, 2.24) is 0 Å². The lowest BCUT2D eigenvalue weighted by molar-refractivity contribution is -0.141. The van der Waals surface area contributed by atoms with Crippen LogP contribution in [0.2, 0.25) is 0 Å². The maximum absolute atomic E-state index is 12.2. The zero-order valence-corrected chi connectivity index (χ0v) is 14.4. The Morgan fingerprint density at radius 3 is 2.64 bits per heavy atom. The molecule has 1 heterocycles. The van der Waals surface area contributed by atoms with Gasteiger partial charge in [-0.15, -0.1) is 0 Å². The van der Waals surface area contributed by atoms with E-state index >= 15 is 0 Å². The summed E-state index contributed by atoms with van der Waals surface area (Å²) >= 11 is 0. The minimum atomic E-state index is -0.188. The van der Waals surface area contributed by atoms with Crippen LogP contribution < -0.4 is 9.47 Å². The maximum Gasteiger partial charge on any atom is 0.309 e. The van der Waals surface area contributed by atoms with Crippen LogP contribution in [-0.2, 0) is 22.4 Å². The number of aromatic hydroxyl groups is 1. The van der Waals surface area contributed by atoms with Crippen molar-refractivity contribution in [3.05, 3.63) is 53.6 Å². The Kier molecular flexibility index (Phi) is 5.12. The number of phenols is 1. The Balaban J connectivity index is 1.75. The Labute approximate surface area is 147 Å². The standard InChI is InChI=1S/C20H22O5/c1-23-16-5-3-4-13(9-16)10-17-15(12-25-20(17)22)8-14-6-7-18(21)19(11-14)24-2/h3-7,9,11,15,17,21H,8,10,12H2,1-2H3/t15-,17+/m0/s1. The van der Waals surface area contributed by atoms with E-state index in [1.165, 1.54) is 7.11 Å². The lowest BCUT2D eigenvalue weighted by Crippen LogP contribution is -2.20. The van der Waals surface area contributed by atoms with Gasteiger partial charge in [0.15, 0.2) is 11.5 Å². The van der Waals surface area contributed by atoms with Crippen LogP contribution in [0.25, 0.3) is 0 Å². The third kappa shape index (κ3) is 3.87. The number of ether oxygens (including phenoxy) is 3. The largest absolute Gasteiger partial charge is 0.504 e. The van der Waals surface area contributed by atoms with Crippen molar-refractivity contribution in [1.29, 1.82) is 0 Å². The monoisotopic (exact) mass is 342 g/mol. The van der Waals surface area contributed by atoms with E-state index in [-0.39, 0.29) is 23.6 Å². The van der Waals surface area contributed by atoms with Gasteiger partial charge in [-0.2, -0.15) is 0 Å². The number of rotatable bonds is 6. The molecule has 2 aromatic carbocycles. The molecular weight excluding hydrogens is 320 g/mol. The number of carbonyl (C=O) groups is 1. The Hall–Kier alpha value is -2.69. The second kappa shape index (κ2) is 7.47. The predicted molar refractivity (Wildman–Crippen MR) is 93.0 cm³/mol. The molecule has 5 nitrogen and oxygen atoms in total. The molecule has 0 bridgehead atoms. The van der Waals surface area contributed by atoms with Crippen LogP contribution in [0.1, 0.15) is 11.1 Å². The van der Waals surface area contributed by atoms with Gasteiger partial charge in [0.2, 0.25) is 0 Å². The maximum atomic E-state index is 12.2. The fraction of sp³-hybridized carbons (Fsp3) is 0.350. The molecule has 1 saturated heterocycles. The first kappa shape index (κ1) is 17.1. The highest BCUT2D eigenvalue weighted by atomic mass is 16.5. The molecule has 25 heavy (non-hydrogen) atoms. The Morgan fingerprint density at radius 1 is 1.08 bits per heavy atom. The second-order valence-corrected chi connectivity index (χ2v) is 6.26. The average Bonchev–Trinajstić information content (AvgIpc) is 2.96. The van der Waals surface area contributed by atoms with Crippen molar-refractivity contribution in [3.8, 4) is 17.2 Å². The summed E-state index contributed by atoms with van der Waals surface area (Å²) in [5.74, 6) is 1.08. The molecule has 132 valence electrons. The first-order valence-corrected chi connectivity index (χ1v) is 8.26. The van der Waals surface area contributed by atoms with E-state index in [0.717, 1.165) is 16.9 Å². The van der Waals surface area contributed by atoms with Gasteiger partial charge in [0.1, 0.15) is 5.75 Å². The van der Waals surface area contributed by atoms with Crippen LogP contribution in [-0.4, -0.2) is 31.9 Å². The molecule has 0 saturated carbocycles. The predicted octanol–water partition coefficient (Wildman–Crippen LogP) is 2.98. The molecule has 0 spiro atoms. The minimum Gasteiger partial charge on any atom is -0.504 e. The molecule has 0 radical (unpaired) electrons. The van der Waals surface area contributed by atoms with Crippen molar-refractivity contribution in [2.24, 2.45) is 11.8 Å². The molecule has 0 unspecified atom stereocenters. The number of cyclic esters (lactones) is 1. The Bertz CT molecular complexity index is 756. The summed E-state index contributed by atoms with van der Waals surface area (Å²) in [6, 6.07) is 13.0. The fourth-order valence-corrected chi connectivity index (χ4v) is 3.26. The summed E-state index contributed by atoms with van der Waals surface area (Å²) in [6.07, 6.45) is 1.31. The molecule has 0 aromatic heterocycles. The average molecular weight is 342 g/mol. The van der Waals surface area contributed by atoms with Gasteiger partial charge >= 0.3 is 5.97 Å². The first-order chi connectivity index (χ1) is 12.1. The summed E-state index contributed by atoms with van der Waals surface area (Å²) in [5, 5.41) is 9.72. The topological polar surface area (TPSA) is 65.0 Å². The van der Waals surface area contributed by atoms with Crippen molar-refractivity contribution in [2.75, 3.05) is 20.8 Å². The number of carbonyl (C=O) groups excluding carboxylic acids is 1. The van der Waals surface area contributed by atoms with Gasteiger partial charge in [-0.25, -0.2) is 0 Å². The number of esters is 1. The third-order valence-corrected chi connectivity index (χ3v) is 4.64. The number of methoxy groups -OCH3 is 2. The van der Waals surface area contributed by atoms with E-state index in [2.05, 4.69) is 0 Å². The highest BCUT2D eigenvalue weighted by Crippen LogP contribution is 2.32. The normalized spacial score (nSPS) is 19.5. The van der Waals surface area contributed by atoms with Gasteiger partial charge < -0.3 is 19.3 Å². The highest BCUT2D eigenvalue weighted by Gasteiger charge is 2.36. The number of hydrogen-bond acceptors (Lipinski definition) is 5. The molecule has 1 aliphatic rings. The van der Waals surface area contributed by atoms with Crippen molar-refractivity contribution < 1.29 is 24.1 Å². The van der Waals surface area contributed by atoms with Gasteiger partial charge in [0.05, 0.1) is 26.7 Å². The number of benzene rings is 2. The number of hydrogen-bond donors (Lipinski definition) is 1. The summed E-state index contributed by atoms with van der Waals surface area (Å²) in [5.41, 5.74) is 2.06. The van der Waals surface area contributed by atoms with Crippen LogP contribution in [0.15, 0.2) is 42.5 Å². The van der Waals surface area contributed by atoms with Crippen molar-refractivity contribution in [2.45, 2.75) is 12.8 Å². The molecule has 2 aromatic rings. The van der Waals surface area contributed by atoms with Crippen molar-refractivity contribution >= 4 is 5.97 Å². The first-order valence-electron chi connectivity index (χ1n) is 8.26. The van der Waals surface area contributed by atoms with E-state index < -0.39 is 0 Å². The molecular formula is C20H22O5. The highest BCUT2D eigenvalue weighted by molar-refractivity contribution is 5.75. The van der Waals surface area contributed by atoms with E-state index in [0.29, 0.717) is 25.2 Å². The van der Waals surface area contributed by atoms with Gasteiger partial charge in [-0.05, 0) is 48.2 Å². The van der Waals surface area contributed by atoms with Crippen LogP contribution in [0.4, 0.5) is 0 Å². The minimum absolute atomic E-state index is 0.0907. The summed E-state index contributed by atoms with van der Waals surface area (Å²) in [7, 11) is 3.15. The zero-order valence-electron chi connectivity index (χ0n) is 14.4. The van der Waals surface area contributed by atoms with E-state index in [4.69, 9.17) is 14.2 Å². The summed E-state index contributed by atoms with van der Waals surface area (Å²) in [4.78, 5) is 12.2. The van der Waals surface area contributed by atoms with Gasteiger partial charge in [-0.3, -0.25) is 4.79 Å². The zero-order chi connectivity index (χ0) is 17.8. The lowest BCUT2D eigenvalue weighted by atomic mass is 9.85. The SMILES string of the molecule is COc1cccc(C[C@H]2C(=O)OC[C@@H]2Cc2ccc(O)c(OC)c2)c1. The molecule has 1 N–H and O–H groups in total. The van der Waals surface area contributed by atoms with Gasteiger partial charge in [0, 0.05) is 5.92 Å². The lowest BCUT2D eigenvalue weighted by Gasteiger charge is -2.16. The molecule has 1 fully saturated rings. The number of phenolic OH excluding ortho intramolecular Hbond substituents is 1. The van der Waals surface area contributed by atoms with Crippen LogP contribution in [0, 0.1) is 11.8 Å². The molecule has 2 atom stereocenters. The van der Waals surface area contributed by atoms with Crippen LogP contribution >= 0.6 is 0 Å². The smallest absolute Gasteiger partial charge is 0.309 e. The van der Waals surface area contributed by atoms with Gasteiger partial charge in [0.25, 0.3) is 0 Å². The molecule has 0 aliphatic carbocycles. The van der Waals surface area contributed by atoms with Crippen LogP contribution in [0.5, 0.6) is 17.2 Å². The van der Waals surface area contributed by atoms with Crippen LogP contribution in [0.3, 0.4) is 0 Å². The Morgan fingerprint density at radius 2 is 1.88 bits per heavy atom.